The molecule has 0 radical (unpaired) electrons. The SMILES string of the molecule is COc1ccc(-c2sc(NC(=O)C3CCCC3)nc2C)cc1S(=O)(=O)Nc1cnccc1C. The van der Waals surface area contributed by atoms with Gasteiger partial charge in [0.2, 0.25) is 5.91 Å². The van der Waals surface area contributed by atoms with Crippen molar-refractivity contribution in [2.45, 2.75) is 44.4 Å². The molecular weight excluding hydrogens is 460 g/mol. The van der Waals surface area contributed by atoms with Crippen LogP contribution in [0.1, 0.15) is 36.9 Å². The second kappa shape index (κ2) is 9.48. The van der Waals surface area contributed by atoms with Gasteiger partial charge in [0.25, 0.3) is 10.0 Å². The van der Waals surface area contributed by atoms with Crippen LogP contribution in [0.3, 0.4) is 0 Å². The van der Waals surface area contributed by atoms with Crippen molar-refractivity contribution in [1.82, 2.24) is 9.97 Å². The van der Waals surface area contributed by atoms with Crippen molar-refractivity contribution in [3.8, 4) is 16.2 Å². The molecule has 2 aromatic heterocycles. The molecule has 33 heavy (non-hydrogen) atoms. The number of aromatic nitrogens is 2. The van der Waals surface area contributed by atoms with E-state index in [-0.39, 0.29) is 22.5 Å². The maximum Gasteiger partial charge on any atom is 0.265 e. The number of carbonyl (C=O) groups is 1. The fourth-order valence-electron chi connectivity index (χ4n) is 3.91. The van der Waals surface area contributed by atoms with Gasteiger partial charge in [-0.15, -0.1) is 0 Å². The lowest BCUT2D eigenvalue weighted by molar-refractivity contribution is -0.119. The highest BCUT2D eigenvalue weighted by atomic mass is 32.2. The number of sulfonamides is 1. The molecule has 1 saturated carbocycles. The summed E-state index contributed by atoms with van der Waals surface area (Å²) in [4.78, 5) is 21.8. The standard InChI is InChI=1S/C23H26N4O4S2/c1-14-10-11-24-13-18(14)27-33(29,30)20-12-17(8-9-19(20)31-3)21-15(2)25-23(32-21)26-22(28)16-6-4-5-7-16/h8-13,16,27H,4-7H2,1-3H3,(H,25,26,28). The summed E-state index contributed by atoms with van der Waals surface area (Å²) in [6.07, 6.45) is 7.05. The second-order valence-corrected chi connectivity index (χ2v) is 10.7. The van der Waals surface area contributed by atoms with Gasteiger partial charge in [-0.2, -0.15) is 0 Å². The predicted molar refractivity (Wildman–Crippen MR) is 129 cm³/mol. The average Bonchev–Trinajstić information content (AvgIpc) is 3.45. The van der Waals surface area contributed by atoms with E-state index in [0.29, 0.717) is 22.1 Å². The molecule has 10 heteroatoms. The molecule has 174 valence electrons. The minimum Gasteiger partial charge on any atom is -0.495 e. The molecule has 1 aliphatic rings. The molecule has 1 fully saturated rings. The Hall–Kier alpha value is -2.98. The summed E-state index contributed by atoms with van der Waals surface area (Å²) < 4.78 is 34.3. The zero-order valence-electron chi connectivity index (χ0n) is 18.7. The van der Waals surface area contributed by atoms with Crippen LogP contribution in [-0.2, 0) is 14.8 Å². The number of methoxy groups -OCH3 is 1. The number of nitrogens with zero attached hydrogens (tertiary/aromatic N) is 2. The quantitative estimate of drug-likeness (QED) is 0.498. The zero-order chi connectivity index (χ0) is 23.6. The summed E-state index contributed by atoms with van der Waals surface area (Å²) in [5.41, 5.74) is 2.54. The summed E-state index contributed by atoms with van der Waals surface area (Å²) in [6, 6.07) is 6.70. The maximum atomic E-state index is 13.2. The highest BCUT2D eigenvalue weighted by Gasteiger charge is 2.25. The van der Waals surface area contributed by atoms with E-state index in [1.165, 1.54) is 24.6 Å². The lowest BCUT2D eigenvalue weighted by Gasteiger charge is -2.14. The van der Waals surface area contributed by atoms with Gasteiger partial charge in [-0.05, 0) is 62.1 Å². The Kier molecular flexibility index (Phi) is 6.66. The number of hydrogen-bond acceptors (Lipinski definition) is 7. The van der Waals surface area contributed by atoms with Crippen molar-refractivity contribution >= 4 is 38.1 Å². The smallest absolute Gasteiger partial charge is 0.265 e. The van der Waals surface area contributed by atoms with Crippen molar-refractivity contribution in [2.24, 2.45) is 5.92 Å². The lowest BCUT2D eigenvalue weighted by atomic mass is 10.1. The minimum atomic E-state index is -3.95. The molecule has 8 nitrogen and oxygen atoms in total. The number of ether oxygens (including phenoxy) is 1. The number of hydrogen-bond donors (Lipinski definition) is 2. The first-order valence-corrected chi connectivity index (χ1v) is 13.0. The molecule has 0 aliphatic heterocycles. The molecule has 1 aliphatic carbocycles. The van der Waals surface area contributed by atoms with Crippen LogP contribution >= 0.6 is 11.3 Å². The molecule has 3 aromatic rings. The van der Waals surface area contributed by atoms with Gasteiger partial charge < -0.3 is 10.1 Å². The largest absolute Gasteiger partial charge is 0.495 e. The first-order chi connectivity index (χ1) is 15.8. The Morgan fingerprint density at radius 3 is 2.64 bits per heavy atom. The first kappa shape index (κ1) is 23.2. The van der Waals surface area contributed by atoms with Crippen LogP contribution in [-0.4, -0.2) is 31.4 Å². The van der Waals surface area contributed by atoms with Crippen LogP contribution in [0.2, 0.25) is 0 Å². The molecule has 2 heterocycles. The van der Waals surface area contributed by atoms with Crippen molar-refractivity contribution in [2.75, 3.05) is 17.1 Å². The van der Waals surface area contributed by atoms with Gasteiger partial charge in [-0.3, -0.25) is 14.5 Å². The first-order valence-electron chi connectivity index (χ1n) is 10.7. The molecule has 0 bridgehead atoms. The van der Waals surface area contributed by atoms with Gasteiger partial charge in [0, 0.05) is 12.1 Å². The van der Waals surface area contributed by atoms with Crippen LogP contribution in [0.5, 0.6) is 5.75 Å². The molecule has 4 rings (SSSR count). The number of aryl methyl sites for hydroxylation is 2. The fourth-order valence-corrected chi connectivity index (χ4v) is 6.19. The minimum absolute atomic E-state index is 0.00170. The van der Waals surface area contributed by atoms with Crippen LogP contribution in [0.4, 0.5) is 10.8 Å². The van der Waals surface area contributed by atoms with E-state index in [0.717, 1.165) is 36.1 Å². The van der Waals surface area contributed by atoms with Crippen molar-refractivity contribution in [3.05, 3.63) is 47.9 Å². The zero-order valence-corrected chi connectivity index (χ0v) is 20.3. The third kappa shape index (κ3) is 5.01. The monoisotopic (exact) mass is 486 g/mol. The number of pyridine rings is 1. The van der Waals surface area contributed by atoms with Crippen molar-refractivity contribution < 1.29 is 17.9 Å². The van der Waals surface area contributed by atoms with Crippen molar-refractivity contribution in [1.29, 1.82) is 0 Å². The maximum absolute atomic E-state index is 13.2. The highest BCUT2D eigenvalue weighted by molar-refractivity contribution is 7.92. The normalized spacial score (nSPS) is 14.3. The predicted octanol–water partition coefficient (Wildman–Crippen LogP) is 4.76. The topological polar surface area (TPSA) is 110 Å². The molecular formula is C23H26N4O4S2. The Morgan fingerprint density at radius 2 is 1.94 bits per heavy atom. The Bertz CT molecular complexity index is 1280. The molecule has 0 spiro atoms. The van der Waals surface area contributed by atoms with E-state index in [9.17, 15) is 13.2 Å². The van der Waals surface area contributed by atoms with Gasteiger partial charge in [0.1, 0.15) is 10.6 Å². The molecule has 1 amide bonds. The second-order valence-electron chi connectivity index (χ2n) is 8.07. The number of rotatable bonds is 7. The van der Waals surface area contributed by atoms with Crippen LogP contribution in [0, 0.1) is 19.8 Å². The number of nitrogens with one attached hydrogen (secondary N) is 2. The van der Waals surface area contributed by atoms with E-state index in [4.69, 9.17) is 4.74 Å². The van der Waals surface area contributed by atoms with E-state index in [1.807, 2.05) is 6.92 Å². The van der Waals surface area contributed by atoms with Crippen LogP contribution < -0.4 is 14.8 Å². The van der Waals surface area contributed by atoms with Crippen LogP contribution in [0.25, 0.3) is 10.4 Å². The molecule has 0 atom stereocenters. The molecule has 1 aromatic carbocycles. The van der Waals surface area contributed by atoms with Gasteiger partial charge >= 0.3 is 0 Å². The summed E-state index contributed by atoms with van der Waals surface area (Å²) in [6.45, 7) is 3.64. The van der Waals surface area contributed by atoms with E-state index < -0.39 is 10.0 Å². The summed E-state index contributed by atoms with van der Waals surface area (Å²) in [7, 11) is -2.52. The third-order valence-electron chi connectivity index (χ3n) is 5.75. The Labute approximate surface area is 197 Å². The summed E-state index contributed by atoms with van der Waals surface area (Å²) >= 11 is 1.33. The van der Waals surface area contributed by atoms with Gasteiger partial charge in [-0.1, -0.05) is 24.2 Å². The van der Waals surface area contributed by atoms with E-state index in [2.05, 4.69) is 20.0 Å². The molecule has 2 N–H and O–H groups in total. The number of carbonyl (C=O) groups excluding carboxylic acids is 1. The van der Waals surface area contributed by atoms with Gasteiger partial charge in [0.05, 0.1) is 29.6 Å². The summed E-state index contributed by atoms with van der Waals surface area (Å²) in [5.74, 6) is 0.268. The van der Waals surface area contributed by atoms with Crippen molar-refractivity contribution in [3.63, 3.8) is 0 Å². The number of amides is 1. The molecule has 0 saturated heterocycles. The van der Waals surface area contributed by atoms with E-state index in [1.54, 1.807) is 37.4 Å². The Balaban J connectivity index is 1.65. The molecule has 0 unspecified atom stereocenters. The number of thiazole rings is 1. The number of benzene rings is 1. The van der Waals surface area contributed by atoms with Gasteiger partial charge in [-0.25, -0.2) is 13.4 Å². The highest BCUT2D eigenvalue weighted by Crippen LogP contribution is 2.37. The fraction of sp³-hybridized carbons (Fsp3) is 0.348. The number of anilines is 2. The third-order valence-corrected chi connectivity index (χ3v) is 8.26. The van der Waals surface area contributed by atoms with Crippen LogP contribution in [0.15, 0.2) is 41.6 Å². The van der Waals surface area contributed by atoms with Gasteiger partial charge in [0.15, 0.2) is 5.13 Å². The average molecular weight is 487 g/mol. The lowest BCUT2D eigenvalue weighted by Crippen LogP contribution is -2.20. The summed E-state index contributed by atoms with van der Waals surface area (Å²) in [5, 5.41) is 3.44. The van der Waals surface area contributed by atoms with E-state index >= 15 is 0 Å². The Morgan fingerprint density at radius 1 is 1.18 bits per heavy atom.